The molecular formula is C47H53N5O18. The highest BCUT2D eigenvalue weighted by molar-refractivity contribution is 5.92. The number of alkyl carbamates (subject to hydrolysis) is 1. The van der Waals surface area contributed by atoms with Gasteiger partial charge in [0.25, 0.3) is 0 Å². The lowest BCUT2D eigenvalue weighted by atomic mass is 9.98. The number of rotatable bonds is 22. The molecule has 1 heterocycles. The van der Waals surface area contributed by atoms with Crippen molar-refractivity contribution in [1.82, 2.24) is 26.6 Å². The quantitative estimate of drug-likeness (QED) is 0.0664. The lowest BCUT2D eigenvalue weighted by Gasteiger charge is -2.44. The smallest absolute Gasteiger partial charge is 0.407 e. The number of esters is 5. The molecule has 0 aromatic heterocycles. The van der Waals surface area contributed by atoms with Crippen LogP contribution in [0, 0.1) is 0 Å². The lowest BCUT2D eigenvalue weighted by molar-refractivity contribution is -0.308. The zero-order chi connectivity index (χ0) is 50.7. The Morgan fingerprint density at radius 3 is 1.63 bits per heavy atom. The first-order valence-electron chi connectivity index (χ1n) is 21.8. The Morgan fingerprint density at radius 2 is 1.06 bits per heavy atom. The van der Waals surface area contributed by atoms with E-state index in [1.54, 1.807) is 30.3 Å². The molecule has 1 fully saturated rings. The predicted octanol–water partition coefficient (Wildman–Crippen LogP) is 0.202. The molecule has 5 rings (SSSR count). The Labute approximate surface area is 400 Å². The monoisotopic (exact) mass is 975 g/mol. The molecule has 70 heavy (non-hydrogen) atoms. The van der Waals surface area contributed by atoms with Crippen LogP contribution >= 0.6 is 0 Å². The van der Waals surface area contributed by atoms with Crippen molar-refractivity contribution in [2.24, 2.45) is 0 Å². The molecule has 5 N–H and O–H groups in total. The summed E-state index contributed by atoms with van der Waals surface area (Å²) < 4.78 is 43.9. The van der Waals surface area contributed by atoms with Gasteiger partial charge in [0.2, 0.25) is 23.6 Å². The van der Waals surface area contributed by atoms with Crippen LogP contribution in [-0.4, -0.2) is 142 Å². The van der Waals surface area contributed by atoms with E-state index >= 15 is 0 Å². The van der Waals surface area contributed by atoms with Crippen LogP contribution in [0.2, 0.25) is 0 Å². The molecule has 3 aromatic rings. The molecule has 0 radical (unpaired) electrons. The molecule has 6 atom stereocenters. The van der Waals surface area contributed by atoms with Crippen molar-refractivity contribution >= 4 is 59.6 Å². The third-order valence-electron chi connectivity index (χ3n) is 10.3. The Balaban J connectivity index is 1.23. The fourth-order valence-electron chi connectivity index (χ4n) is 7.27. The molecule has 23 heteroatoms. The highest BCUT2D eigenvalue weighted by atomic mass is 16.7. The molecule has 0 bridgehead atoms. The molecule has 2 aliphatic rings. The molecule has 1 aliphatic carbocycles. The second kappa shape index (κ2) is 26.0. The van der Waals surface area contributed by atoms with Crippen LogP contribution in [0.4, 0.5) is 4.79 Å². The largest absolute Gasteiger partial charge is 0.463 e. The maximum Gasteiger partial charge on any atom is 0.407 e. The summed E-state index contributed by atoms with van der Waals surface area (Å²) in [6, 6.07) is 22.3. The van der Waals surface area contributed by atoms with Crippen LogP contribution in [0.15, 0.2) is 78.9 Å². The van der Waals surface area contributed by atoms with Gasteiger partial charge in [-0.3, -0.25) is 43.2 Å². The van der Waals surface area contributed by atoms with Crippen LogP contribution in [0.5, 0.6) is 0 Å². The van der Waals surface area contributed by atoms with Crippen LogP contribution in [0.25, 0.3) is 11.1 Å². The van der Waals surface area contributed by atoms with Gasteiger partial charge in [-0.25, -0.2) is 4.79 Å². The fraction of sp³-hybridized carbons (Fsp3) is 0.404. The minimum Gasteiger partial charge on any atom is -0.463 e. The summed E-state index contributed by atoms with van der Waals surface area (Å²) in [6.07, 6.45) is -9.06. The summed E-state index contributed by atoms with van der Waals surface area (Å²) >= 11 is 0. The molecule has 23 nitrogen and oxygen atoms in total. The number of carbonyl (C=O) groups is 10. The average Bonchev–Trinajstić information content (AvgIpc) is 3.65. The summed E-state index contributed by atoms with van der Waals surface area (Å²) in [6.45, 7) is 0.260. The van der Waals surface area contributed by atoms with Crippen molar-refractivity contribution in [2.75, 3.05) is 46.0 Å². The minimum atomic E-state index is -1.75. The van der Waals surface area contributed by atoms with Gasteiger partial charge in [-0.15, -0.1) is 0 Å². The lowest BCUT2D eigenvalue weighted by Crippen LogP contribution is -2.63. The summed E-state index contributed by atoms with van der Waals surface area (Å²) in [7, 11) is 0. The van der Waals surface area contributed by atoms with E-state index < -0.39 is 136 Å². The first-order valence-corrected chi connectivity index (χ1v) is 21.8. The number of fused-ring (bicyclic) bond motifs is 3. The van der Waals surface area contributed by atoms with E-state index in [0.29, 0.717) is 0 Å². The van der Waals surface area contributed by atoms with E-state index in [1.165, 1.54) is 0 Å². The number of ether oxygens (including phenoxy) is 8. The predicted molar refractivity (Wildman–Crippen MR) is 238 cm³/mol. The Hall–Kier alpha value is -7.92. The molecule has 1 aliphatic heterocycles. The van der Waals surface area contributed by atoms with Crippen LogP contribution in [0.1, 0.15) is 50.3 Å². The first-order chi connectivity index (χ1) is 33.5. The number of hydrogen-bond acceptors (Lipinski definition) is 18. The van der Waals surface area contributed by atoms with E-state index in [4.69, 9.17) is 37.9 Å². The molecular weight excluding hydrogens is 923 g/mol. The van der Waals surface area contributed by atoms with Gasteiger partial charge in [0, 0.05) is 33.6 Å². The minimum absolute atomic E-state index is 0.00398. The van der Waals surface area contributed by atoms with E-state index in [0.717, 1.165) is 55.5 Å². The summed E-state index contributed by atoms with van der Waals surface area (Å²) in [5.74, 6) is -7.97. The number of hydrogen-bond donors (Lipinski definition) is 5. The highest BCUT2D eigenvalue weighted by Crippen LogP contribution is 2.44. The van der Waals surface area contributed by atoms with Gasteiger partial charge in [-0.1, -0.05) is 78.9 Å². The van der Waals surface area contributed by atoms with Crippen LogP contribution < -0.4 is 26.6 Å². The van der Waals surface area contributed by atoms with E-state index in [-0.39, 0.29) is 19.1 Å². The topological polar surface area (TPSA) is 305 Å². The van der Waals surface area contributed by atoms with Gasteiger partial charge in [0.1, 0.15) is 38.5 Å². The fourth-order valence-corrected chi connectivity index (χ4v) is 7.27. The van der Waals surface area contributed by atoms with Crippen molar-refractivity contribution in [3.8, 4) is 11.1 Å². The first kappa shape index (κ1) is 53.0. The average molecular weight is 976 g/mol. The number of nitrogens with one attached hydrogen (secondary N) is 5. The van der Waals surface area contributed by atoms with Gasteiger partial charge in [-0.05, 0) is 27.8 Å². The Morgan fingerprint density at radius 1 is 0.543 bits per heavy atom. The maximum absolute atomic E-state index is 13.8. The van der Waals surface area contributed by atoms with Crippen molar-refractivity contribution in [2.45, 2.75) is 77.0 Å². The van der Waals surface area contributed by atoms with Crippen molar-refractivity contribution in [3.05, 3.63) is 95.6 Å². The van der Waals surface area contributed by atoms with Gasteiger partial charge in [0.15, 0.2) is 24.6 Å². The second-order valence-electron chi connectivity index (χ2n) is 15.6. The molecule has 3 aromatic carbocycles. The van der Waals surface area contributed by atoms with E-state index in [9.17, 15) is 47.9 Å². The van der Waals surface area contributed by atoms with Crippen molar-refractivity contribution in [1.29, 1.82) is 0 Å². The highest BCUT2D eigenvalue weighted by Gasteiger charge is 2.53. The number of benzene rings is 3. The Kier molecular flexibility index (Phi) is 19.7. The van der Waals surface area contributed by atoms with E-state index in [2.05, 4.69) is 26.6 Å². The third kappa shape index (κ3) is 16.1. The normalized spacial score (nSPS) is 18.2. The SMILES string of the molecule is CC(=O)OCC1O[C@@H](OC[C@H](NC(=O)OCC2c3ccccc3-c3ccccc32)C(=O)NCC(=O)NCC(=O)NCC(=O)NCC(=O)OCc2ccccc2)C(OC(C)=O)[C@@H](OC(C)=O)[C@@H]1OC(C)=O. The van der Waals surface area contributed by atoms with E-state index in [1.807, 2.05) is 48.5 Å². The van der Waals surface area contributed by atoms with Crippen LogP contribution in [0.3, 0.4) is 0 Å². The maximum atomic E-state index is 13.8. The molecule has 374 valence electrons. The molecule has 0 saturated carbocycles. The van der Waals surface area contributed by atoms with Gasteiger partial charge in [0.05, 0.1) is 26.2 Å². The van der Waals surface area contributed by atoms with Gasteiger partial charge in [-0.2, -0.15) is 0 Å². The number of amides is 5. The second-order valence-corrected chi connectivity index (χ2v) is 15.6. The molecule has 5 amide bonds. The zero-order valence-corrected chi connectivity index (χ0v) is 38.6. The summed E-state index contributed by atoms with van der Waals surface area (Å²) in [4.78, 5) is 125. The Bertz CT molecular complexity index is 2350. The molecule has 0 spiro atoms. The zero-order valence-electron chi connectivity index (χ0n) is 38.6. The van der Waals surface area contributed by atoms with Gasteiger partial charge >= 0.3 is 35.9 Å². The summed E-state index contributed by atoms with van der Waals surface area (Å²) in [5, 5.41) is 11.6. The van der Waals surface area contributed by atoms with Crippen molar-refractivity contribution < 1.29 is 85.8 Å². The van der Waals surface area contributed by atoms with Gasteiger partial charge < -0.3 is 64.5 Å². The standard InChI is InChI=1S/C47H53N5O18/c1-26(53)63-25-37-42(67-27(2)54)43(68-28(3)55)44(69-29(4)56)46(70-37)65-24-36(52-47(62)66-23-35-33-16-10-8-14-31(33)32-15-9-11-17-34(32)35)45(61)51-20-40(59)49-18-38(57)48-19-39(58)50-21-41(60)64-22-30-12-6-5-7-13-30/h5-17,35-37,42-44,46H,18-25H2,1-4H3,(H,48,57)(H,49,59)(H,50,58)(H,51,61)(H,52,62)/t36-,37?,42+,43-,44?,46+/m0/s1. The summed E-state index contributed by atoms with van der Waals surface area (Å²) in [5.41, 5.74) is 4.46. The van der Waals surface area contributed by atoms with Crippen molar-refractivity contribution in [3.63, 3.8) is 0 Å². The third-order valence-corrected chi connectivity index (χ3v) is 10.3. The number of carbonyl (C=O) groups excluding carboxylic acids is 10. The molecule has 1 saturated heterocycles. The molecule has 2 unspecified atom stereocenters. The van der Waals surface area contributed by atoms with Crippen LogP contribution in [-0.2, 0) is 87.7 Å².